The maximum atomic E-state index is 13.6. The molecular weight excluding hydrogens is 448 g/mol. The first-order valence-corrected chi connectivity index (χ1v) is 11.2. The molecule has 174 valence electrons. The lowest BCUT2D eigenvalue weighted by Gasteiger charge is -2.40. The van der Waals surface area contributed by atoms with Gasteiger partial charge in [0.2, 0.25) is 5.95 Å². The summed E-state index contributed by atoms with van der Waals surface area (Å²) in [5, 5.41) is 4.72. The maximum absolute atomic E-state index is 13.6. The van der Waals surface area contributed by atoms with Gasteiger partial charge in [-0.05, 0) is 25.5 Å². The smallest absolute Gasteiger partial charge is 0.223 e. The lowest BCUT2D eigenvalue weighted by molar-refractivity contribution is 0.210. The number of rotatable bonds is 6. The van der Waals surface area contributed by atoms with Crippen molar-refractivity contribution in [2.75, 3.05) is 36.8 Å². The van der Waals surface area contributed by atoms with Gasteiger partial charge in [-0.1, -0.05) is 30.7 Å². The Bertz CT molecular complexity index is 1120. The third-order valence-electron chi connectivity index (χ3n) is 5.77. The molecule has 3 aromatic rings. The van der Waals surface area contributed by atoms with Gasteiger partial charge in [0.25, 0.3) is 0 Å². The van der Waals surface area contributed by atoms with Gasteiger partial charge in [0.1, 0.15) is 16.8 Å². The molecule has 1 fully saturated rings. The third-order valence-corrected chi connectivity index (χ3v) is 5.96. The molecule has 1 aliphatic heterocycles. The number of hydrogen-bond donors (Lipinski definition) is 1. The summed E-state index contributed by atoms with van der Waals surface area (Å²) in [6.07, 6.45) is 6.70. The lowest BCUT2D eigenvalue weighted by atomic mass is 10.1. The predicted molar refractivity (Wildman–Crippen MR) is 127 cm³/mol. The molecular formula is C23H26ClF2N7. The van der Waals surface area contributed by atoms with Crippen molar-refractivity contribution >= 4 is 29.3 Å². The van der Waals surface area contributed by atoms with Crippen molar-refractivity contribution in [1.82, 2.24) is 24.6 Å². The van der Waals surface area contributed by atoms with Crippen molar-refractivity contribution in [1.29, 1.82) is 0 Å². The van der Waals surface area contributed by atoms with Crippen LogP contribution in [-0.2, 0) is 6.42 Å². The molecule has 0 bridgehead atoms. The Kier molecular flexibility index (Phi) is 6.90. The van der Waals surface area contributed by atoms with Crippen LogP contribution in [0.3, 0.4) is 0 Å². The van der Waals surface area contributed by atoms with Crippen LogP contribution < -0.4 is 10.6 Å². The summed E-state index contributed by atoms with van der Waals surface area (Å²) in [5.41, 5.74) is 8.29. The molecule has 0 saturated carbocycles. The number of anilines is 2. The van der Waals surface area contributed by atoms with Gasteiger partial charge in [-0.3, -0.25) is 4.90 Å². The largest absolute Gasteiger partial charge is 0.369 e. The Labute approximate surface area is 196 Å². The molecule has 1 aromatic carbocycles. The van der Waals surface area contributed by atoms with Crippen LogP contribution in [0.4, 0.5) is 20.4 Å². The number of halogens is 3. The van der Waals surface area contributed by atoms with Crippen molar-refractivity contribution in [2.24, 2.45) is 0 Å². The standard InChI is InChI=1S/C23H26ClF2N7/c1-3-20-16(13-28-33(20)22-12-21(24)29-23(27)30-22)5-4-6-31-7-8-32(14-15(31)2)19-10-17(25)9-18(26)11-19/h4-5,9-13,15H,3,6-8,14H2,1-2H3,(H2,27,29,30)/t15-/m1/s1. The zero-order chi connectivity index (χ0) is 23.5. The lowest BCUT2D eigenvalue weighted by Crippen LogP contribution is -2.51. The van der Waals surface area contributed by atoms with E-state index >= 15 is 0 Å². The Morgan fingerprint density at radius 3 is 2.58 bits per heavy atom. The van der Waals surface area contributed by atoms with E-state index < -0.39 is 11.6 Å². The number of nitrogens with two attached hydrogens (primary N) is 1. The first kappa shape index (κ1) is 23.1. The maximum Gasteiger partial charge on any atom is 0.223 e. The van der Waals surface area contributed by atoms with Crippen LogP contribution in [0.5, 0.6) is 0 Å². The monoisotopic (exact) mass is 473 g/mol. The third kappa shape index (κ3) is 5.31. The van der Waals surface area contributed by atoms with Gasteiger partial charge in [-0.2, -0.15) is 10.1 Å². The van der Waals surface area contributed by atoms with Crippen LogP contribution in [0, 0.1) is 11.6 Å². The first-order chi connectivity index (χ1) is 15.8. The summed E-state index contributed by atoms with van der Waals surface area (Å²) in [7, 11) is 0. The molecule has 1 saturated heterocycles. The normalized spacial score (nSPS) is 17.2. The first-order valence-electron chi connectivity index (χ1n) is 10.8. The Hall–Kier alpha value is -3.04. The summed E-state index contributed by atoms with van der Waals surface area (Å²) >= 11 is 6.02. The van der Waals surface area contributed by atoms with Gasteiger partial charge in [0, 0.05) is 55.6 Å². The average molecular weight is 474 g/mol. The fourth-order valence-corrected chi connectivity index (χ4v) is 4.33. The second-order valence-electron chi connectivity index (χ2n) is 8.04. The van der Waals surface area contributed by atoms with Gasteiger partial charge < -0.3 is 10.6 Å². The zero-order valence-electron chi connectivity index (χ0n) is 18.5. The highest BCUT2D eigenvalue weighted by Gasteiger charge is 2.23. The highest BCUT2D eigenvalue weighted by Crippen LogP contribution is 2.22. The van der Waals surface area contributed by atoms with E-state index in [-0.39, 0.29) is 17.1 Å². The number of hydrogen-bond acceptors (Lipinski definition) is 6. The van der Waals surface area contributed by atoms with E-state index in [1.165, 1.54) is 12.1 Å². The molecule has 3 heterocycles. The summed E-state index contributed by atoms with van der Waals surface area (Å²) in [6.45, 7) is 7.12. The minimum atomic E-state index is -0.554. The molecule has 1 aliphatic rings. The van der Waals surface area contributed by atoms with Gasteiger partial charge >= 0.3 is 0 Å². The predicted octanol–water partition coefficient (Wildman–Crippen LogP) is 3.96. The number of aromatic nitrogens is 4. The van der Waals surface area contributed by atoms with Crippen LogP contribution in [0.25, 0.3) is 11.9 Å². The topological polar surface area (TPSA) is 76.1 Å². The Balaban J connectivity index is 1.42. The summed E-state index contributed by atoms with van der Waals surface area (Å²) in [6, 6.07) is 5.52. The van der Waals surface area contributed by atoms with Crippen molar-refractivity contribution in [3.8, 4) is 5.82 Å². The van der Waals surface area contributed by atoms with Gasteiger partial charge in [0.15, 0.2) is 5.82 Å². The summed E-state index contributed by atoms with van der Waals surface area (Å²) in [5.74, 6) is -0.479. The molecule has 0 unspecified atom stereocenters. The summed E-state index contributed by atoms with van der Waals surface area (Å²) < 4.78 is 28.9. The van der Waals surface area contributed by atoms with Gasteiger partial charge in [-0.25, -0.2) is 18.4 Å². The second-order valence-corrected chi connectivity index (χ2v) is 8.43. The number of nitrogen functional groups attached to an aromatic ring is 1. The molecule has 2 N–H and O–H groups in total. The Morgan fingerprint density at radius 1 is 1.15 bits per heavy atom. The fourth-order valence-electron chi connectivity index (χ4n) is 4.15. The van der Waals surface area contributed by atoms with Crippen LogP contribution in [0.1, 0.15) is 25.1 Å². The van der Waals surface area contributed by atoms with E-state index in [9.17, 15) is 8.78 Å². The van der Waals surface area contributed by atoms with Crippen molar-refractivity contribution in [3.63, 3.8) is 0 Å². The van der Waals surface area contributed by atoms with Gasteiger partial charge in [-0.15, -0.1) is 0 Å². The van der Waals surface area contributed by atoms with Crippen LogP contribution in [-0.4, -0.2) is 56.9 Å². The molecule has 0 spiro atoms. The van der Waals surface area contributed by atoms with E-state index in [0.29, 0.717) is 24.6 Å². The van der Waals surface area contributed by atoms with Crippen molar-refractivity contribution in [3.05, 3.63) is 64.6 Å². The van der Waals surface area contributed by atoms with Crippen molar-refractivity contribution < 1.29 is 8.78 Å². The zero-order valence-corrected chi connectivity index (χ0v) is 19.3. The van der Waals surface area contributed by atoms with E-state index in [1.807, 2.05) is 11.8 Å². The van der Waals surface area contributed by atoms with E-state index in [0.717, 1.165) is 36.8 Å². The summed E-state index contributed by atoms with van der Waals surface area (Å²) in [4.78, 5) is 12.5. The highest BCUT2D eigenvalue weighted by atomic mass is 35.5. The second kappa shape index (κ2) is 9.84. The minimum Gasteiger partial charge on any atom is -0.369 e. The average Bonchev–Trinajstić information content (AvgIpc) is 3.16. The van der Waals surface area contributed by atoms with E-state index in [2.05, 4.69) is 39.0 Å². The highest BCUT2D eigenvalue weighted by molar-refractivity contribution is 6.29. The van der Waals surface area contributed by atoms with E-state index in [4.69, 9.17) is 17.3 Å². The quantitative estimate of drug-likeness (QED) is 0.546. The van der Waals surface area contributed by atoms with Gasteiger partial charge in [0.05, 0.1) is 11.9 Å². The van der Waals surface area contributed by atoms with Crippen LogP contribution in [0.15, 0.2) is 36.5 Å². The molecule has 7 nitrogen and oxygen atoms in total. The Morgan fingerprint density at radius 2 is 1.91 bits per heavy atom. The number of piperazine rings is 1. The fraction of sp³-hybridized carbons (Fsp3) is 0.348. The number of nitrogens with zero attached hydrogens (tertiary/aromatic N) is 6. The van der Waals surface area contributed by atoms with Crippen LogP contribution in [0.2, 0.25) is 5.15 Å². The van der Waals surface area contributed by atoms with Crippen molar-refractivity contribution in [2.45, 2.75) is 26.3 Å². The molecule has 2 aromatic heterocycles. The molecule has 4 rings (SSSR count). The molecule has 0 aliphatic carbocycles. The molecule has 33 heavy (non-hydrogen) atoms. The molecule has 0 amide bonds. The number of benzene rings is 1. The van der Waals surface area contributed by atoms with E-state index in [1.54, 1.807) is 16.9 Å². The minimum absolute atomic E-state index is 0.0984. The molecule has 1 atom stereocenters. The molecule has 10 heteroatoms. The molecule has 0 radical (unpaired) electrons. The van der Waals surface area contributed by atoms with Crippen LogP contribution >= 0.6 is 11.6 Å². The SMILES string of the molecule is CCc1c(C=CCN2CCN(c3cc(F)cc(F)c3)C[C@H]2C)cnn1-c1cc(Cl)nc(N)n1.